The quantitative estimate of drug-likeness (QED) is 0.0422. The van der Waals surface area contributed by atoms with Crippen LogP contribution in [-0.4, -0.2) is 34.9 Å². The number of allylic oxidation sites excluding steroid dienone is 2. The second-order valence-electron chi connectivity index (χ2n) is 19.0. The van der Waals surface area contributed by atoms with E-state index in [0.717, 1.165) is 25.7 Å². The Hall–Kier alpha value is -0.870. The number of nitrogens with one attached hydrogen (secondary N) is 1. The molecule has 59 heavy (non-hydrogen) atoms. The third-order valence-corrected chi connectivity index (χ3v) is 13.0. The van der Waals surface area contributed by atoms with Gasteiger partial charge in [0.25, 0.3) is 0 Å². The monoisotopic (exact) mass is 832 g/mol. The molecule has 0 aromatic rings. The van der Waals surface area contributed by atoms with Gasteiger partial charge < -0.3 is 15.5 Å². The highest BCUT2D eigenvalue weighted by molar-refractivity contribution is 5.76. The van der Waals surface area contributed by atoms with Crippen LogP contribution < -0.4 is 5.32 Å². The van der Waals surface area contributed by atoms with Crippen LogP contribution in [0.3, 0.4) is 0 Å². The summed E-state index contributed by atoms with van der Waals surface area (Å²) in [6.45, 7) is 4.39. The first-order chi connectivity index (χ1) is 29.2. The maximum atomic E-state index is 12.5. The van der Waals surface area contributed by atoms with Crippen LogP contribution in [0.4, 0.5) is 0 Å². The van der Waals surface area contributed by atoms with Crippen molar-refractivity contribution in [2.24, 2.45) is 0 Å². The second kappa shape index (κ2) is 51.5. The summed E-state index contributed by atoms with van der Waals surface area (Å²) in [4.78, 5) is 12.5. The Labute approximate surface area is 371 Å². The van der Waals surface area contributed by atoms with Crippen molar-refractivity contribution < 1.29 is 15.0 Å². The lowest BCUT2D eigenvalue weighted by Crippen LogP contribution is -2.45. The van der Waals surface area contributed by atoms with Crippen LogP contribution >= 0.6 is 0 Å². The molecule has 1 amide bonds. The molecule has 0 saturated carbocycles. The largest absolute Gasteiger partial charge is 0.394 e. The molecule has 4 nitrogen and oxygen atoms in total. The predicted octanol–water partition coefficient (Wildman–Crippen LogP) is 17.8. The predicted molar refractivity (Wildman–Crippen MR) is 263 cm³/mol. The molecule has 2 atom stereocenters. The summed E-state index contributed by atoms with van der Waals surface area (Å²) in [5.41, 5.74) is 0. The molecule has 0 aromatic heterocycles. The Balaban J connectivity index is 3.41. The van der Waals surface area contributed by atoms with E-state index >= 15 is 0 Å². The zero-order valence-electron chi connectivity index (χ0n) is 40.6. The van der Waals surface area contributed by atoms with Crippen molar-refractivity contribution in [2.75, 3.05) is 6.61 Å². The lowest BCUT2D eigenvalue weighted by molar-refractivity contribution is -0.123. The summed E-state index contributed by atoms with van der Waals surface area (Å²) in [5, 5.41) is 23.3. The highest BCUT2D eigenvalue weighted by Gasteiger charge is 2.20. The van der Waals surface area contributed by atoms with Crippen molar-refractivity contribution in [3.8, 4) is 0 Å². The van der Waals surface area contributed by atoms with Gasteiger partial charge >= 0.3 is 0 Å². The van der Waals surface area contributed by atoms with Gasteiger partial charge in [0, 0.05) is 6.42 Å². The van der Waals surface area contributed by atoms with E-state index in [1.54, 1.807) is 0 Å². The SMILES string of the molecule is CCCCCCCCCC/C=C\CCCCCCCCCCCCCCCCCCCC(=O)NC(CO)C(O)CCCCCCCCCCCCCCCCCCCC. The van der Waals surface area contributed by atoms with E-state index in [0.29, 0.717) is 12.8 Å². The van der Waals surface area contributed by atoms with Crippen LogP contribution in [0.1, 0.15) is 316 Å². The second-order valence-corrected chi connectivity index (χ2v) is 19.0. The van der Waals surface area contributed by atoms with Gasteiger partial charge in [0.15, 0.2) is 0 Å². The fourth-order valence-electron chi connectivity index (χ4n) is 8.83. The van der Waals surface area contributed by atoms with Gasteiger partial charge in [0.2, 0.25) is 5.91 Å². The molecule has 0 aliphatic heterocycles. The third kappa shape index (κ3) is 48.0. The van der Waals surface area contributed by atoms with Crippen molar-refractivity contribution in [3.05, 3.63) is 12.2 Å². The van der Waals surface area contributed by atoms with Crippen molar-refractivity contribution in [1.29, 1.82) is 0 Å². The molecule has 0 aliphatic carbocycles. The van der Waals surface area contributed by atoms with Crippen LogP contribution in [0, 0.1) is 0 Å². The maximum Gasteiger partial charge on any atom is 0.220 e. The van der Waals surface area contributed by atoms with E-state index in [-0.39, 0.29) is 12.5 Å². The van der Waals surface area contributed by atoms with E-state index in [9.17, 15) is 15.0 Å². The van der Waals surface area contributed by atoms with Crippen LogP contribution in [-0.2, 0) is 4.79 Å². The first-order valence-corrected chi connectivity index (χ1v) is 27.4. The molecule has 4 heteroatoms. The molecule has 352 valence electrons. The van der Waals surface area contributed by atoms with E-state index < -0.39 is 12.1 Å². The summed E-state index contributed by atoms with van der Waals surface area (Å²) < 4.78 is 0. The minimum atomic E-state index is -0.656. The Bertz CT molecular complexity index is 814. The smallest absolute Gasteiger partial charge is 0.220 e. The molecule has 2 unspecified atom stereocenters. The zero-order valence-corrected chi connectivity index (χ0v) is 40.6. The minimum absolute atomic E-state index is 0.0245. The van der Waals surface area contributed by atoms with Crippen LogP contribution in [0.25, 0.3) is 0 Å². The fourth-order valence-corrected chi connectivity index (χ4v) is 8.83. The third-order valence-electron chi connectivity index (χ3n) is 13.0. The lowest BCUT2D eigenvalue weighted by atomic mass is 10.0. The van der Waals surface area contributed by atoms with Gasteiger partial charge in [0.1, 0.15) is 0 Å². The summed E-state index contributed by atoms with van der Waals surface area (Å²) in [6, 6.07) is -0.532. The van der Waals surface area contributed by atoms with Gasteiger partial charge in [-0.3, -0.25) is 4.79 Å². The topological polar surface area (TPSA) is 69.6 Å². The molecule has 0 aliphatic rings. The first-order valence-electron chi connectivity index (χ1n) is 27.4. The molecule has 0 saturated heterocycles. The standard InChI is InChI=1S/C55H109NO3/c1-3-5-7-9-11-13-15-17-19-21-23-24-25-26-27-28-29-30-31-32-33-35-37-39-41-43-45-47-49-51-55(59)56-53(52-57)54(58)50-48-46-44-42-40-38-36-34-22-20-18-16-14-12-10-8-6-4-2/h21,23,53-54,57-58H,3-20,22,24-52H2,1-2H3,(H,56,59)/b23-21-. The van der Waals surface area contributed by atoms with E-state index in [1.165, 1.54) is 263 Å². The number of hydrogen-bond acceptors (Lipinski definition) is 3. The molecule has 0 bridgehead atoms. The summed E-state index contributed by atoms with van der Waals surface area (Å²) >= 11 is 0. The number of carbonyl (C=O) groups excluding carboxylic acids is 1. The average Bonchev–Trinajstić information content (AvgIpc) is 3.24. The van der Waals surface area contributed by atoms with Gasteiger partial charge in [0.05, 0.1) is 18.8 Å². The van der Waals surface area contributed by atoms with Crippen molar-refractivity contribution in [1.82, 2.24) is 5.32 Å². The van der Waals surface area contributed by atoms with Crippen LogP contribution in [0.5, 0.6) is 0 Å². The lowest BCUT2D eigenvalue weighted by Gasteiger charge is -2.22. The van der Waals surface area contributed by atoms with Crippen molar-refractivity contribution >= 4 is 5.91 Å². The van der Waals surface area contributed by atoms with E-state index in [4.69, 9.17) is 0 Å². The summed E-state index contributed by atoms with van der Waals surface area (Å²) in [6.07, 6.45) is 66.2. The molecule has 0 radical (unpaired) electrons. The van der Waals surface area contributed by atoms with Crippen molar-refractivity contribution in [2.45, 2.75) is 328 Å². The first kappa shape index (κ1) is 58.1. The molecular formula is C55H109NO3. The van der Waals surface area contributed by atoms with E-state index in [1.807, 2.05) is 0 Å². The fraction of sp³-hybridized carbons (Fsp3) is 0.945. The number of aliphatic hydroxyl groups excluding tert-OH is 2. The van der Waals surface area contributed by atoms with Crippen LogP contribution in [0.15, 0.2) is 12.2 Å². The Kier molecular flexibility index (Phi) is 50.7. The Morgan fingerprint density at radius 3 is 0.932 bits per heavy atom. The Morgan fingerprint density at radius 1 is 0.390 bits per heavy atom. The number of carbonyl (C=O) groups is 1. The van der Waals surface area contributed by atoms with Crippen molar-refractivity contribution in [3.63, 3.8) is 0 Å². The van der Waals surface area contributed by atoms with Gasteiger partial charge in [-0.25, -0.2) is 0 Å². The maximum absolute atomic E-state index is 12.5. The Morgan fingerprint density at radius 2 is 0.644 bits per heavy atom. The van der Waals surface area contributed by atoms with Gasteiger partial charge in [-0.2, -0.15) is 0 Å². The van der Waals surface area contributed by atoms with Gasteiger partial charge in [-0.1, -0.05) is 283 Å². The number of hydrogen-bond donors (Lipinski definition) is 3. The molecule has 0 fully saturated rings. The molecule has 0 rings (SSSR count). The number of rotatable bonds is 51. The zero-order chi connectivity index (χ0) is 42.8. The van der Waals surface area contributed by atoms with Gasteiger partial charge in [-0.15, -0.1) is 0 Å². The summed E-state index contributed by atoms with van der Waals surface area (Å²) in [5.74, 6) is -0.0245. The summed E-state index contributed by atoms with van der Waals surface area (Å²) in [7, 11) is 0. The molecular weight excluding hydrogens is 723 g/mol. The molecule has 3 N–H and O–H groups in total. The normalized spacial score (nSPS) is 12.8. The average molecular weight is 832 g/mol. The highest BCUT2D eigenvalue weighted by atomic mass is 16.3. The number of amides is 1. The highest BCUT2D eigenvalue weighted by Crippen LogP contribution is 2.18. The molecule has 0 spiro atoms. The number of aliphatic hydroxyl groups is 2. The van der Waals surface area contributed by atoms with Gasteiger partial charge in [-0.05, 0) is 38.5 Å². The molecule has 0 heterocycles. The van der Waals surface area contributed by atoms with E-state index in [2.05, 4.69) is 31.3 Å². The molecule has 0 aromatic carbocycles. The minimum Gasteiger partial charge on any atom is -0.394 e. The number of unbranched alkanes of at least 4 members (excludes halogenated alkanes) is 42. The van der Waals surface area contributed by atoms with Crippen LogP contribution in [0.2, 0.25) is 0 Å².